The summed E-state index contributed by atoms with van der Waals surface area (Å²) in [7, 11) is 1.53. The largest absolute Gasteiger partial charge is 0.495 e. The molecule has 0 spiro atoms. The summed E-state index contributed by atoms with van der Waals surface area (Å²) in [6, 6.07) is 16.5. The van der Waals surface area contributed by atoms with Gasteiger partial charge in [0.15, 0.2) is 0 Å². The van der Waals surface area contributed by atoms with Crippen LogP contribution < -0.4 is 15.0 Å². The van der Waals surface area contributed by atoms with E-state index in [1.807, 2.05) is 49.1 Å². The Morgan fingerprint density at radius 3 is 2.57 bits per heavy atom. The summed E-state index contributed by atoms with van der Waals surface area (Å²) in [4.78, 5) is 23.8. The van der Waals surface area contributed by atoms with E-state index in [4.69, 9.17) is 16.3 Å². The Hall–Kier alpha value is -3.12. The molecule has 144 valence electrons. The van der Waals surface area contributed by atoms with Gasteiger partial charge < -0.3 is 15.0 Å². The lowest BCUT2D eigenvalue weighted by Crippen LogP contribution is -2.22. The molecule has 1 heterocycles. The van der Waals surface area contributed by atoms with Crippen molar-refractivity contribution in [3.8, 4) is 5.75 Å². The molecule has 2 aromatic carbocycles. The van der Waals surface area contributed by atoms with Gasteiger partial charge in [0.2, 0.25) is 5.95 Å². The number of hydrogen-bond donors (Lipinski definition) is 1. The Morgan fingerprint density at radius 1 is 1.14 bits per heavy atom. The van der Waals surface area contributed by atoms with Crippen molar-refractivity contribution in [1.29, 1.82) is 0 Å². The Balaban J connectivity index is 1.93. The molecule has 0 saturated heterocycles. The molecule has 0 radical (unpaired) electrons. The van der Waals surface area contributed by atoms with Gasteiger partial charge in [0.25, 0.3) is 5.91 Å². The van der Waals surface area contributed by atoms with Crippen LogP contribution in [0.5, 0.6) is 5.75 Å². The summed E-state index contributed by atoms with van der Waals surface area (Å²) < 4.78 is 5.28. The molecule has 1 N–H and O–H groups in total. The van der Waals surface area contributed by atoms with Crippen molar-refractivity contribution in [1.82, 2.24) is 9.97 Å². The van der Waals surface area contributed by atoms with Gasteiger partial charge in [-0.1, -0.05) is 29.8 Å². The summed E-state index contributed by atoms with van der Waals surface area (Å²) in [5, 5.41) is 3.31. The van der Waals surface area contributed by atoms with Crippen LogP contribution in [0, 0.1) is 6.92 Å². The molecule has 3 aromatic rings. The second-order valence-electron chi connectivity index (χ2n) is 6.07. The van der Waals surface area contributed by atoms with E-state index in [9.17, 15) is 4.79 Å². The summed E-state index contributed by atoms with van der Waals surface area (Å²) in [5.74, 6) is 0.622. The standard InChI is InChI=1S/C21H21ClN4O2/c1-4-26(16-8-6-5-7-9-16)21-23-14(2)12-18(25-21)20(27)24-17-13-15(22)10-11-19(17)28-3/h5-13H,4H2,1-3H3,(H,24,27). The Kier molecular flexibility index (Phi) is 6.11. The number of rotatable bonds is 6. The van der Waals surface area contributed by atoms with E-state index in [1.165, 1.54) is 7.11 Å². The molecule has 0 aliphatic heterocycles. The number of aryl methyl sites for hydroxylation is 1. The molecule has 0 aliphatic rings. The molecule has 0 aliphatic carbocycles. The van der Waals surface area contributed by atoms with Crippen molar-refractivity contribution in [2.75, 3.05) is 23.9 Å². The predicted octanol–water partition coefficient (Wildman–Crippen LogP) is 4.86. The minimum Gasteiger partial charge on any atom is -0.495 e. The van der Waals surface area contributed by atoms with Crippen molar-refractivity contribution < 1.29 is 9.53 Å². The van der Waals surface area contributed by atoms with Crippen molar-refractivity contribution in [3.05, 3.63) is 71.0 Å². The van der Waals surface area contributed by atoms with Gasteiger partial charge in [0.1, 0.15) is 11.4 Å². The van der Waals surface area contributed by atoms with Crippen molar-refractivity contribution >= 4 is 34.8 Å². The summed E-state index contributed by atoms with van der Waals surface area (Å²) in [6.07, 6.45) is 0. The number of halogens is 1. The average molecular weight is 397 g/mol. The Labute approximate surface area is 169 Å². The number of carbonyl (C=O) groups excluding carboxylic acids is 1. The quantitative estimate of drug-likeness (QED) is 0.644. The lowest BCUT2D eigenvalue weighted by atomic mass is 10.2. The van der Waals surface area contributed by atoms with Crippen LogP contribution in [0.2, 0.25) is 5.02 Å². The van der Waals surface area contributed by atoms with Gasteiger partial charge >= 0.3 is 0 Å². The molecule has 0 atom stereocenters. The van der Waals surface area contributed by atoms with Gasteiger partial charge in [-0.3, -0.25) is 4.79 Å². The fourth-order valence-electron chi connectivity index (χ4n) is 2.80. The van der Waals surface area contributed by atoms with Crippen LogP contribution in [0.1, 0.15) is 23.1 Å². The molecule has 0 fully saturated rings. The third-order valence-corrected chi connectivity index (χ3v) is 4.35. The summed E-state index contributed by atoms with van der Waals surface area (Å²) in [5.41, 5.74) is 2.40. The second kappa shape index (κ2) is 8.71. The fourth-order valence-corrected chi connectivity index (χ4v) is 2.97. The number of amides is 1. The number of benzene rings is 2. The highest BCUT2D eigenvalue weighted by Gasteiger charge is 2.17. The van der Waals surface area contributed by atoms with Gasteiger partial charge in [-0.05, 0) is 50.2 Å². The van der Waals surface area contributed by atoms with E-state index in [2.05, 4.69) is 15.3 Å². The maximum absolute atomic E-state index is 12.8. The lowest BCUT2D eigenvalue weighted by Gasteiger charge is -2.21. The van der Waals surface area contributed by atoms with Crippen LogP contribution in [-0.4, -0.2) is 29.5 Å². The maximum Gasteiger partial charge on any atom is 0.274 e. The molecule has 6 nitrogen and oxygen atoms in total. The molecule has 1 aromatic heterocycles. The number of hydrogen-bond acceptors (Lipinski definition) is 5. The van der Waals surface area contributed by atoms with Crippen LogP contribution >= 0.6 is 11.6 Å². The number of para-hydroxylation sites is 1. The van der Waals surface area contributed by atoms with E-state index < -0.39 is 0 Å². The third-order valence-electron chi connectivity index (χ3n) is 4.11. The molecule has 7 heteroatoms. The molecular formula is C21H21ClN4O2. The van der Waals surface area contributed by atoms with Crippen molar-refractivity contribution in [2.45, 2.75) is 13.8 Å². The van der Waals surface area contributed by atoms with Crippen LogP contribution in [-0.2, 0) is 0 Å². The average Bonchev–Trinajstić information content (AvgIpc) is 2.69. The molecule has 0 saturated carbocycles. The van der Waals surface area contributed by atoms with E-state index in [0.717, 1.165) is 5.69 Å². The highest BCUT2D eigenvalue weighted by Crippen LogP contribution is 2.28. The van der Waals surface area contributed by atoms with E-state index in [0.29, 0.717) is 34.6 Å². The molecule has 28 heavy (non-hydrogen) atoms. The highest BCUT2D eigenvalue weighted by atomic mass is 35.5. The SMILES string of the molecule is CCN(c1ccccc1)c1nc(C)cc(C(=O)Nc2cc(Cl)ccc2OC)n1. The van der Waals surface area contributed by atoms with Gasteiger partial charge in [-0.2, -0.15) is 0 Å². The second-order valence-corrected chi connectivity index (χ2v) is 6.51. The minimum atomic E-state index is -0.364. The number of anilines is 3. The van der Waals surface area contributed by atoms with Gasteiger partial charge in [0, 0.05) is 22.9 Å². The minimum absolute atomic E-state index is 0.263. The number of ether oxygens (including phenoxy) is 1. The molecular weight excluding hydrogens is 376 g/mol. The third kappa shape index (κ3) is 4.40. The molecule has 3 rings (SSSR count). The Morgan fingerprint density at radius 2 is 1.89 bits per heavy atom. The summed E-state index contributed by atoms with van der Waals surface area (Å²) >= 11 is 6.04. The zero-order chi connectivity index (χ0) is 20.1. The van der Waals surface area contributed by atoms with E-state index in [-0.39, 0.29) is 11.6 Å². The van der Waals surface area contributed by atoms with Gasteiger partial charge in [0.05, 0.1) is 12.8 Å². The van der Waals surface area contributed by atoms with Crippen LogP contribution in [0.15, 0.2) is 54.6 Å². The van der Waals surface area contributed by atoms with E-state index in [1.54, 1.807) is 24.3 Å². The molecule has 0 bridgehead atoms. The first-order valence-corrected chi connectivity index (χ1v) is 9.22. The van der Waals surface area contributed by atoms with Crippen LogP contribution in [0.25, 0.3) is 0 Å². The first-order valence-electron chi connectivity index (χ1n) is 8.85. The van der Waals surface area contributed by atoms with Crippen LogP contribution in [0.3, 0.4) is 0 Å². The Bertz CT molecular complexity index is 979. The van der Waals surface area contributed by atoms with Crippen molar-refractivity contribution in [2.24, 2.45) is 0 Å². The number of methoxy groups -OCH3 is 1. The molecule has 1 amide bonds. The maximum atomic E-state index is 12.8. The number of nitrogens with one attached hydrogen (secondary N) is 1. The lowest BCUT2D eigenvalue weighted by molar-refractivity contribution is 0.102. The smallest absolute Gasteiger partial charge is 0.274 e. The monoisotopic (exact) mass is 396 g/mol. The fraction of sp³-hybridized carbons (Fsp3) is 0.190. The molecule has 0 unspecified atom stereocenters. The highest BCUT2D eigenvalue weighted by molar-refractivity contribution is 6.31. The zero-order valence-corrected chi connectivity index (χ0v) is 16.7. The van der Waals surface area contributed by atoms with Gasteiger partial charge in [-0.25, -0.2) is 9.97 Å². The van der Waals surface area contributed by atoms with Crippen molar-refractivity contribution in [3.63, 3.8) is 0 Å². The van der Waals surface area contributed by atoms with Crippen LogP contribution in [0.4, 0.5) is 17.3 Å². The first-order chi connectivity index (χ1) is 13.5. The zero-order valence-electron chi connectivity index (χ0n) is 15.9. The number of carbonyl (C=O) groups is 1. The number of aromatic nitrogens is 2. The topological polar surface area (TPSA) is 67.4 Å². The van der Waals surface area contributed by atoms with E-state index >= 15 is 0 Å². The number of nitrogens with zero attached hydrogens (tertiary/aromatic N) is 3. The van der Waals surface area contributed by atoms with Gasteiger partial charge in [-0.15, -0.1) is 0 Å². The summed E-state index contributed by atoms with van der Waals surface area (Å²) in [6.45, 7) is 4.51. The predicted molar refractivity (Wildman–Crippen MR) is 112 cm³/mol. The first kappa shape index (κ1) is 19.6. The normalized spacial score (nSPS) is 10.4.